The predicted octanol–water partition coefficient (Wildman–Crippen LogP) is 4.17. The maximum absolute atomic E-state index is 13.6. The van der Waals surface area contributed by atoms with E-state index in [1.807, 2.05) is 49.9 Å². The van der Waals surface area contributed by atoms with Crippen LogP contribution < -0.4 is 5.73 Å². The first-order chi connectivity index (χ1) is 19.8. The number of nitrogen functional groups attached to an aromatic ring is 1. The van der Waals surface area contributed by atoms with Crippen molar-refractivity contribution >= 4 is 34.9 Å². The fraction of sp³-hybridized carbons (Fsp3) is 0.515. The molecule has 1 aromatic carbocycles. The van der Waals surface area contributed by atoms with Crippen LogP contribution in [0.25, 0.3) is 5.57 Å². The van der Waals surface area contributed by atoms with E-state index in [-0.39, 0.29) is 47.8 Å². The van der Waals surface area contributed by atoms with Gasteiger partial charge in [0.1, 0.15) is 11.3 Å². The largest absolute Gasteiger partial charge is 0.460 e. The summed E-state index contributed by atoms with van der Waals surface area (Å²) in [5, 5.41) is 0. The van der Waals surface area contributed by atoms with Crippen LogP contribution >= 0.6 is 0 Å². The monoisotopic (exact) mass is 571 g/mol. The number of Topliss-reactive ketones (excluding diaryl/α,β-unsaturated/α-hetero) is 1. The van der Waals surface area contributed by atoms with Crippen LogP contribution in [0.2, 0.25) is 0 Å². The Hall–Kier alpha value is -3.88. The van der Waals surface area contributed by atoms with Crippen molar-refractivity contribution in [1.29, 1.82) is 0 Å². The van der Waals surface area contributed by atoms with Crippen LogP contribution in [0.4, 0.5) is 5.95 Å². The number of nitrogens with two attached hydrogens (primary N) is 1. The number of nitrogens with zero attached hydrogens (tertiary/aromatic N) is 4. The van der Waals surface area contributed by atoms with E-state index in [1.54, 1.807) is 6.20 Å². The number of anilines is 1. The molecule has 0 saturated carbocycles. The highest BCUT2D eigenvalue weighted by Crippen LogP contribution is 2.45. The number of hydrogen-bond acceptors (Lipinski definition) is 8. The zero-order valence-corrected chi connectivity index (χ0v) is 25.3. The summed E-state index contributed by atoms with van der Waals surface area (Å²) in [5.41, 5.74) is 11.1. The van der Waals surface area contributed by atoms with Crippen LogP contribution in [0.1, 0.15) is 76.3 Å². The summed E-state index contributed by atoms with van der Waals surface area (Å²) in [7, 11) is 0. The SMILES string of the molecule is CC(C)(C)OC(=O)CC1CCN(C(=O)Cc2cccc(CC(=O)C3=NCC4=C3C(C)(C)Cc3cnc(N)nc34)c2)CC1. The predicted molar refractivity (Wildman–Crippen MR) is 162 cm³/mol. The number of benzene rings is 1. The molecule has 1 fully saturated rings. The lowest BCUT2D eigenvalue weighted by atomic mass is 9.70. The van der Waals surface area contributed by atoms with Gasteiger partial charge in [0.25, 0.3) is 0 Å². The number of amides is 1. The third-order valence-electron chi connectivity index (χ3n) is 8.23. The summed E-state index contributed by atoms with van der Waals surface area (Å²) < 4.78 is 5.46. The Balaban J connectivity index is 1.19. The van der Waals surface area contributed by atoms with Gasteiger partial charge in [-0.3, -0.25) is 19.4 Å². The lowest BCUT2D eigenvalue weighted by molar-refractivity contribution is -0.156. The third-order valence-corrected chi connectivity index (χ3v) is 8.23. The normalized spacial score (nSPS) is 18.3. The number of ether oxygens (including phenoxy) is 1. The van der Waals surface area contributed by atoms with Crippen LogP contribution in [-0.2, 0) is 38.4 Å². The fourth-order valence-electron chi connectivity index (χ4n) is 6.40. The van der Waals surface area contributed by atoms with Gasteiger partial charge in [-0.2, -0.15) is 0 Å². The number of aliphatic imine (C=N–C) groups is 1. The smallest absolute Gasteiger partial charge is 0.306 e. The van der Waals surface area contributed by atoms with Crippen LogP contribution in [0.15, 0.2) is 41.0 Å². The number of aromatic nitrogens is 2. The van der Waals surface area contributed by atoms with E-state index in [4.69, 9.17) is 10.5 Å². The van der Waals surface area contributed by atoms with E-state index in [0.717, 1.165) is 46.4 Å². The Kier molecular flexibility index (Phi) is 8.05. The van der Waals surface area contributed by atoms with E-state index in [9.17, 15) is 14.4 Å². The highest BCUT2D eigenvalue weighted by molar-refractivity contribution is 6.49. The van der Waals surface area contributed by atoms with Gasteiger partial charge in [0.2, 0.25) is 11.9 Å². The standard InChI is InChI=1S/C33H41N5O4/c1-32(2,3)42-27(41)16-20-9-11-38(12-10-20)26(40)15-22-8-6-7-21(13-22)14-25(39)30-28-24(19-35-30)29-23(17-33(28,4)5)18-36-31(34)37-29/h6-8,13,18,20H,9-12,14-17,19H2,1-5H3,(H2,34,36,37). The van der Waals surface area contributed by atoms with Gasteiger partial charge in [0.15, 0.2) is 5.78 Å². The van der Waals surface area contributed by atoms with E-state index in [2.05, 4.69) is 28.8 Å². The minimum absolute atomic E-state index is 0.0333. The quantitative estimate of drug-likeness (QED) is 0.494. The summed E-state index contributed by atoms with van der Waals surface area (Å²) >= 11 is 0. The number of ketones is 1. The molecular formula is C33H41N5O4. The number of piperidine rings is 1. The maximum atomic E-state index is 13.6. The molecule has 0 spiro atoms. The summed E-state index contributed by atoms with van der Waals surface area (Å²) in [6.45, 7) is 11.6. The van der Waals surface area contributed by atoms with Crippen LogP contribution in [0.3, 0.4) is 0 Å². The second kappa shape index (κ2) is 11.4. The molecule has 3 heterocycles. The minimum Gasteiger partial charge on any atom is -0.460 e. The number of carbonyl (C=O) groups is 3. The summed E-state index contributed by atoms with van der Waals surface area (Å²) in [6, 6.07) is 7.71. The third kappa shape index (κ3) is 6.61. The van der Waals surface area contributed by atoms with Gasteiger partial charge >= 0.3 is 5.97 Å². The van der Waals surface area contributed by atoms with Crippen LogP contribution in [0.5, 0.6) is 0 Å². The van der Waals surface area contributed by atoms with Gasteiger partial charge in [0, 0.05) is 37.7 Å². The van der Waals surface area contributed by atoms with Crippen molar-refractivity contribution in [3.63, 3.8) is 0 Å². The molecule has 42 heavy (non-hydrogen) atoms. The number of rotatable bonds is 7. The lowest BCUT2D eigenvalue weighted by Crippen LogP contribution is -2.40. The van der Waals surface area contributed by atoms with Gasteiger partial charge in [-0.05, 0) is 73.6 Å². The van der Waals surface area contributed by atoms with Crippen molar-refractivity contribution in [1.82, 2.24) is 14.9 Å². The van der Waals surface area contributed by atoms with Crippen molar-refractivity contribution in [3.8, 4) is 0 Å². The second-order valence-corrected chi connectivity index (χ2v) is 13.4. The molecule has 1 aliphatic carbocycles. The number of fused-ring (bicyclic) bond motifs is 2. The molecule has 0 bridgehead atoms. The molecule has 1 aromatic heterocycles. The molecule has 9 nitrogen and oxygen atoms in total. The van der Waals surface area contributed by atoms with Crippen molar-refractivity contribution in [2.45, 2.75) is 78.7 Å². The minimum atomic E-state index is -0.485. The number of hydrogen-bond donors (Lipinski definition) is 1. The van der Waals surface area contributed by atoms with E-state index in [1.165, 1.54) is 0 Å². The van der Waals surface area contributed by atoms with E-state index in [0.29, 0.717) is 38.2 Å². The van der Waals surface area contributed by atoms with Gasteiger partial charge < -0.3 is 15.4 Å². The number of esters is 1. The van der Waals surface area contributed by atoms with Crippen molar-refractivity contribution < 1.29 is 19.1 Å². The summed E-state index contributed by atoms with van der Waals surface area (Å²) in [5.74, 6) is 0.309. The Bertz CT molecular complexity index is 1480. The maximum Gasteiger partial charge on any atom is 0.306 e. The fourth-order valence-corrected chi connectivity index (χ4v) is 6.40. The average Bonchev–Trinajstić information content (AvgIpc) is 3.36. The average molecular weight is 572 g/mol. The molecule has 1 amide bonds. The number of allylic oxidation sites excluding steroid dienone is 1. The molecule has 2 aromatic rings. The second-order valence-electron chi connectivity index (χ2n) is 13.4. The first-order valence-corrected chi connectivity index (χ1v) is 14.8. The van der Waals surface area contributed by atoms with Gasteiger partial charge in [0.05, 0.1) is 18.7 Å². The molecule has 3 aliphatic rings. The van der Waals surface area contributed by atoms with E-state index >= 15 is 0 Å². The lowest BCUT2D eigenvalue weighted by Gasteiger charge is -2.33. The molecule has 9 heteroatoms. The van der Waals surface area contributed by atoms with Gasteiger partial charge in [-0.1, -0.05) is 38.1 Å². The Morgan fingerprint density at radius 3 is 2.48 bits per heavy atom. The van der Waals surface area contributed by atoms with Gasteiger partial charge in [-0.15, -0.1) is 0 Å². The molecule has 0 radical (unpaired) electrons. The molecule has 1 saturated heterocycles. The molecule has 0 atom stereocenters. The molecule has 2 aliphatic heterocycles. The zero-order valence-electron chi connectivity index (χ0n) is 25.3. The number of carbonyl (C=O) groups excluding carboxylic acids is 3. The molecular weight excluding hydrogens is 530 g/mol. The van der Waals surface area contributed by atoms with Crippen LogP contribution in [0, 0.1) is 11.3 Å². The Morgan fingerprint density at radius 2 is 1.79 bits per heavy atom. The van der Waals surface area contributed by atoms with E-state index < -0.39 is 5.60 Å². The molecule has 222 valence electrons. The number of likely N-dealkylation sites (tertiary alicyclic amines) is 1. The molecule has 0 unspecified atom stereocenters. The highest BCUT2D eigenvalue weighted by Gasteiger charge is 2.41. The topological polar surface area (TPSA) is 128 Å². The van der Waals surface area contributed by atoms with Gasteiger partial charge in [-0.25, -0.2) is 9.97 Å². The first-order valence-electron chi connectivity index (χ1n) is 14.8. The van der Waals surface area contributed by atoms with Crippen LogP contribution in [-0.4, -0.2) is 63.5 Å². The zero-order chi connectivity index (χ0) is 30.2. The highest BCUT2D eigenvalue weighted by atomic mass is 16.6. The summed E-state index contributed by atoms with van der Waals surface area (Å²) in [6.07, 6.45) is 4.95. The Morgan fingerprint density at radius 1 is 1.10 bits per heavy atom. The molecule has 2 N–H and O–H groups in total. The van der Waals surface area contributed by atoms with Crippen molar-refractivity contribution in [3.05, 3.63) is 58.4 Å². The summed E-state index contributed by atoms with van der Waals surface area (Å²) in [4.78, 5) is 54.1. The Labute approximate surface area is 247 Å². The molecule has 5 rings (SSSR count). The first kappa shape index (κ1) is 29.6. The van der Waals surface area contributed by atoms with Crippen molar-refractivity contribution in [2.75, 3.05) is 25.4 Å². The van der Waals surface area contributed by atoms with Crippen molar-refractivity contribution in [2.24, 2.45) is 16.3 Å².